The number of rotatable bonds is 7. The van der Waals surface area contributed by atoms with Crippen LogP contribution in [0.2, 0.25) is 5.02 Å². The molecule has 0 aromatic heterocycles. The van der Waals surface area contributed by atoms with E-state index in [-0.39, 0.29) is 23.1 Å². The van der Waals surface area contributed by atoms with Gasteiger partial charge in [-0.1, -0.05) is 23.7 Å². The predicted molar refractivity (Wildman–Crippen MR) is 86.8 cm³/mol. The van der Waals surface area contributed by atoms with E-state index in [4.69, 9.17) is 25.8 Å². The van der Waals surface area contributed by atoms with Gasteiger partial charge in [-0.05, 0) is 25.1 Å². The van der Waals surface area contributed by atoms with Crippen molar-refractivity contribution in [2.45, 2.75) is 6.92 Å². The van der Waals surface area contributed by atoms with Crippen molar-refractivity contribution in [1.29, 1.82) is 0 Å². The van der Waals surface area contributed by atoms with Crippen LogP contribution in [-0.4, -0.2) is 24.1 Å². The van der Waals surface area contributed by atoms with Crippen LogP contribution < -0.4 is 14.2 Å². The van der Waals surface area contributed by atoms with Gasteiger partial charge in [0, 0.05) is 12.1 Å². The molecule has 0 bridgehead atoms. The van der Waals surface area contributed by atoms with Crippen LogP contribution in [0.5, 0.6) is 17.2 Å². The molecule has 24 heavy (non-hydrogen) atoms. The lowest BCUT2D eigenvalue weighted by molar-refractivity contribution is -0.384. The molecule has 2 rings (SSSR count). The first-order valence-corrected chi connectivity index (χ1v) is 7.38. The highest BCUT2D eigenvalue weighted by molar-refractivity contribution is 6.32. The van der Waals surface area contributed by atoms with Crippen LogP contribution in [0.15, 0.2) is 42.5 Å². The molecular weight excluding hydrogens is 338 g/mol. The van der Waals surface area contributed by atoms with Crippen molar-refractivity contribution < 1.29 is 23.9 Å². The molecule has 0 heterocycles. The average molecular weight is 352 g/mol. The Morgan fingerprint density at radius 3 is 2.38 bits per heavy atom. The zero-order chi connectivity index (χ0) is 17.5. The Kier molecular flexibility index (Phi) is 5.97. The molecule has 0 saturated heterocycles. The summed E-state index contributed by atoms with van der Waals surface area (Å²) in [6.45, 7) is 1.93. The molecule has 0 aliphatic carbocycles. The van der Waals surface area contributed by atoms with Crippen LogP contribution in [-0.2, 0) is 4.79 Å². The van der Waals surface area contributed by atoms with Gasteiger partial charge in [-0.15, -0.1) is 0 Å². The summed E-state index contributed by atoms with van der Waals surface area (Å²) < 4.78 is 15.8. The van der Waals surface area contributed by atoms with E-state index in [1.807, 2.05) is 6.92 Å². The van der Waals surface area contributed by atoms with Gasteiger partial charge in [-0.25, -0.2) is 4.79 Å². The maximum absolute atomic E-state index is 11.8. The predicted octanol–water partition coefficient (Wildman–Crippen LogP) is 3.63. The first-order valence-electron chi connectivity index (χ1n) is 7.00. The second-order valence-electron chi connectivity index (χ2n) is 4.51. The molecule has 8 heteroatoms. The van der Waals surface area contributed by atoms with E-state index in [1.54, 1.807) is 24.3 Å². The molecule has 0 amide bonds. The lowest BCUT2D eigenvalue weighted by Crippen LogP contribution is -2.18. The Morgan fingerprint density at radius 2 is 1.79 bits per heavy atom. The van der Waals surface area contributed by atoms with Gasteiger partial charge in [0.05, 0.1) is 16.6 Å². The molecule has 0 aliphatic rings. The van der Waals surface area contributed by atoms with E-state index >= 15 is 0 Å². The molecule has 0 N–H and O–H groups in total. The number of nitro groups is 1. The van der Waals surface area contributed by atoms with Crippen molar-refractivity contribution in [3.63, 3.8) is 0 Å². The third kappa shape index (κ3) is 4.60. The summed E-state index contributed by atoms with van der Waals surface area (Å²) in [7, 11) is 0. The molecule has 0 unspecified atom stereocenters. The van der Waals surface area contributed by atoms with Crippen LogP contribution >= 0.6 is 11.6 Å². The molecule has 2 aromatic carbocycles. The number of hydrogen-bond acceptors (Lipinski definition) is 6. The summed E-state index contributed by atoms with van der Waals surface area (Å²) in [6.07, 6.45) is 0. The number of halogens is 1. The summed E-state index contributed by atoms with van der Waals surface area (Å²) in [5, 5.41) is 10.6. The fourth-order valence-corrected chi connectivity index (χ4v) is 2.03. The topological polar surface area (TPSA) is 87.9 Å². The zero-order valence-corrected chi connectivity index (χ0v) is 13.5. The van der Waals surface area contributed by atoms with E-state index in [2.05, 4.69) is 0 Å². The molecule has 0 fully saturated rings. The largest absolute Gasteiger partial charge is 0.490 e. The number of hydrogen-bond donors (Lipinski definition) is 0. The fraction of sp³-hybridized carbons (Fsp3) is 0.188. The maximum Gasteiger partial charge on any atom is 0.349 e. The van der Waals surface area contributed by atoms with Crippen LogP contribution in [0.3, 0.4) is 0 Å². The third-order valence-electron chi connectivity index (χ3n) is 2.84. The number of carbonyl (C=O) groups excluding carboxylic acids is 1. The second-order valence-corrected chi connectivity index (χ2v) is 4.92. The molecule has 0 atom stereocenters. The minimum absolute atomic E-state index is 0.0222. The average Bonchev–Trinajstić information content (AvgIpc) is 2.56. The minimum atomic E-state index is -0.697. The molecule has 0 spiro atoms. The summed E-state index contributed by atoms with van der Waals surface area (Å²) in [6, 6.07) is 10.5. The Morgan fingerprint density at radius 1 is 1.12 bits per heavy atom. The van der Waals surface area contributed by atoms with Crippen molar-refractivity contribution in [2.75, 3.05) is 13.2 Å². The highest BCUT2D eigenvalue weighted by Crippen LogP contribution is 2.29. The number of nitro benzene ring substituents is 1. The lowest BCUT2D eigenvalue weighted by Gasteiger charge is -2.11. The first kappa shape index (κ1) is 17.6. The molecular formula is C16H14ClNO6. The smallest absolute Gasteiger partial charge is 0.349 e. The van der Waals surface area contributed by atoms with E-state index < -0.39 is 10.9 Å². The summed E-state index contributed by atoms with van der Waals surface area (Å²) in [4.78, 5) is 21.9. The normalized spacial score (nSPS) is 10.1. The number of esters is 1. The Labute approximate surface area is 142 Å². The van der Waals surface area contributed by atoms with Crippen LogP contribution in [0.1, 0.15) is 6.92 Å². The highest BCUT2D eigenvalue weighted by atomic mass is 35.5. The van der Waals surface area contributed by atoms with Gasteiger partial charge in [0.1, 0.15) is 5.75 Å². The van der Waals surface area contributed by atoms with Crippen LogP contribution in [0, 0.1) is 10.1 Å². The van der Waals surface area contributed by atoms with Gasteiger partial charge >= 0.3 is 5.97 Å². The first-order chi connectivity index (χ1) is 11.5. The quantitative estimate of drug-likeness (QED) is 0.327. The summed E-state index contributed by atoms with van der Waals surface area (Å²) >= 11 is 5.86. The number of non-ortho nitro benzene ring substituents is 1. The van der Waals surface area contributed by atoms with Gasteiger partial charge in [0.2, 0.25) is 0 Å². The van der Waals surface area contributed by atoms with Gasteiger partial charge < -0.3 is 14.2 Å². The Bertz CT molecular complexity index is 749. The van der Waals surface area contributed by atoms with Gasteiger partial charge in [0.25, 0.3) is 5.69 Å². The van der Waals surface area contributed by atoms with Crippen molar-refractivity contribution in [3.8, 4) is 17.2 Å². The number of nitrogens with zero attached hydrogens (tertiary/aromatic N) is 1. The molecule has 7 nitrogen and oxygen atoms in total. The van der Waals surface area contributed by atoms with Crippen LogP contribution in [0.4, 0.5) is 5.69 Å². The second kappa shape index (κ2) is 8.16. The fourth-order valence-electron chi connectivity index (χ4n) is 1.82. The van der Waals surface area contributed by atoms with Gasteiger partial charge in [-0.2, -0.15) is 0 Å². The standard InChI is InChI=1S/C16H14ClNO6/c1-2-22-14-5-3-4-6-15(14)23-10-16(19)24-13-8-7-11(18(20)21)9-12(13)17/h3-9H,2,10H2,1H3. The number of benzene rings is 2. The SMILES string of the molecule is CCOc1ccccc1OCC(=O)Oc1ccc([N+](=O)[O-])cc1Cl. The maximum atomic E-state index is 11.8. The summed E-state index contributed by atoms with van der Waals surface area (Å²) in [5.41, 5.74) is -0.193. The molecule has 126 valence electrons. The van der Waals surface area contributed by atoms with Crippen molar-refractivity contribution >= 4 is 23.3 Å². The van der Waals surface area contributed by atoms with E-state index in [0.29, 0.717) is 18.1 Å². The Balaban J connectivity index is 1.98. The lowest BCUT2D eigenvalue weighted by atomic mass is 10.3. The van der Waals surface area contributed by atoms with Gasteiger partial charge in [-0.3, -0.25) is 10.1 Å². The van der Waals surface area contributed by atoms with Crippen LogP contribution in [0.25, 0.3) is 0 Å². The molecule has 0 aliphatic heterocycles. The molecule has 0 radical (unpaired) electrons. The number of para-hydroxylation sites is 2. The summed E-state index contributed by atoms with van der Waals surface area (Å²) in [5.74, 6) is 0.248. The van der Waals surface area contributed by atoms with Gasteiger partial charge in [0.15, 0.2) is 18.1 Å². The van der Waals surface area contributed by atoms with E-state index in [9.17, 15) is 14.9 Å². The van der Waals surface area contributed by atoms with Crippen molar-refractivity contribution in [2.24, 2.45) is 0 Å². The number of ether oxygens (including phenoxy) is 3. The number of carbonyl (C=O) groups is 1. The Hall–Kier alpha value is -2.80. The molecule has 0 saturated carbocycles. The monoisotopic (exact) mass is 351 g/mol. The third-order valence-corrected chi connectivity index (χ3v) is 3.14. The molecule has 2 aromatic rings. The van der Waals surface area contributed by atoms with Crippen molar-refractivity contribution in [3.05, 3.63) is 57.6 Å². The van der Waals surface area contributed by atoms with E-state index in [0.717, 1.165) is 6.07 Å². The van der Waals surface area contributed by atoms with E-state index in [1.165, 1.54) is 12.1 Å². The zero-order valence-electron chi connectivity index (χ0n) is 12.7. The highest BCUT2D eigenvalue weighted by Gasteiger charge is 2.14. The minimum Gasteiger partial charge on any atom is -0.490 e. The van der Waals surface area contributed by atoms with Crippen molar-refractivity contribution in [1.82, 2.24) is 0 Å².